The molecule has 0 aliphatic heterocycles. The molecule has 1 unspecified atom stereocenters. The van der Waals surface area contributed by atoms with Crippen molar-refractivity contribution in [2.45, 2.75) is 60.0 Å². The zero-order valence-corrected chi connectivity index (χ0v) is 14.0. The first-order valence-corrected chi connectivity index (χ1v) is 7.52. The largest absolute Gasteiger partial charge is 0.309 e. The van der Waals surface area contributed by atoms with Crippen LogP contribution in [0.25, 0.3) is 0 Å². The highest BCUT2D eigenvalue weighted by atomic mass is 79.9. The summed E-state index contributed by atoms with van der Waals surface area (Å²) in [5.74, 6) is 0. The van der Waals surface area contributed by atoms with Crippen LogP contribution in [0.1, 0.15) is 65.7 Å². The number of rotatable bonds is 5. The summed E-state index contributed by atoms with van der Waals surface area (Å²) >= 11 is 3.64. The van der Waals surface area contributed by atoms with E-state index in [0.29, 0.717) is 17.5 Å². The van der Waals surface area contributed by atoms with Crippen molar-refractivity contribution < 1.29 is 0 Å². The first-order chi connectivity index (χ1) is 8.26. The number of nitrogens with zero attached hydrogens (tertiary/aromatic N) is 2. The minimum absolute atomic E-state index is 0.290. The van der Waals surface area contributed by atoms with Crippen LogP contribution in [-0.2, 0) is 0 Å². The molecule has 0 fully saturated rings. The Hall–Kier alpha value is -0.350. The second-order valence-corrected chi connectivity index (χ2v) is 7.15. The number of hydrogen-bond donors (Lipinski definition) is 1. The molecule has 0 radical (unpaired) electrons. The highest BCUT2D eigenvalue weighted by Gasteiger charge is 2.25. The average Bonchev–Trinajstić information content (AvgIpc) is 2.57. The van der Waals surface area contributed by atoms with Gasteiger partial charge in [0, 0.05) is 6.04 Å². The van der Waals surface area contributed by atoms with Gasteiger partial charge in [-0.1, -0.05) is 27.7 Å². The fourth-order valence-corrected chi connectivity index (χ4v) is 2.76. The lowest BCUT2D eigenvalue weighted by Gasteiger charge is -2.28. The summed E-state index contributed by atoms with van der Waals surface area (Å²) < 4.78 is 3.22. The van der Waals surface area contributed by atoms with Gasteiger partial charge in [0.2, 0.25) is 0 Å². The fourth-order valence-electron chi connectivity index (χ4n) is 2.21. The zero-order chi connectivity index (χ0) is 13.9. The lowest BCUT2D eigenvalue weighted by atomic mass is 9.87. The van der Waals surface area contributed by atoms with Crippen molar-refractivity contribution in [1.82, 2.24) is 15.1 Å². The Morgan fingerprint density at radius 1 is 1.39 bits per heavy atom. The molecule has 1 aromatic heterocycles. The predicted molar refractivity (Wildman–Crippen MR) is 80.8 cm³/mol. The standard InChI is InChI=1S/C14H26BrN3/c1-7-16-12(8-14(4,5)6)13-11(15)9-17-18(13)10(2)3/h9-10,12,16H,7-8H2,1-6H3. The molecule has 0 spiro atoms. The minimum atomic E-state index is 0.290. The molecule has 0 aromatic carbocycles. The number of nitrogens with one attached hydrogen (secondary N) is 1. The SMILES string of the molecule is CCNC(CC(C)(C)C)c1c(Br)cnn1C(C)C. The molecule has 1 heterocycles. The lowest BCUT2D eigenvalue weighted by molar-refractivity contribution is 0.299. The molecule has 1 atom stereocenters. The molecule has 1 N–H and O–H groups in total. The molecule has 4 heteroatoms. The summed E-state index contributed by atoms with van der Waals surface area (Å²) in [5, 5.41) is 8.07. The molecule has 0 amide bonds. The third-order valence-corrected chi connectivity index (χ3v) is 3.48. The van der Waals surface area contributed by atoms with Gasteiger partial charge in [0.25, 0.3) is 0 Å². The molecule has 0 saturated heterocycles. The maximum absolute atomic E-state index is 4.48. The average molecular weight is 316 g/mol. The van der Waals surface area contributed by atoms with Crippen molar-refractivity contribution >= 4 is 15.9 Å². The summed E-state index contributed by atoms with van der Waals surface area (Å²) in [5.41, 5.74) is 1.56. The van der Waals surface area contributed by atoms with Crippen LogP contribution in [0.4, 0.5) is 0 Å². The van der Waals surface area contributed by atoms with E-state index in [0.717, 1.165) is 17.4 Å². The summed E-state index contributed by atoms with van der Waals surface area (Å²) in [6.07, 6.45) is 3.00. The predicted octanol–water partition coefficient (Wildman–Crippen LogP) is 4.31. The summed E-state index contributed by atoms with van der Waals surface area (Å²) in [4.78, 5) is 0. The van der Waals surface area contributed by atoms with E-state index in [9.17, 15) is 0 Å². The van der Waals surface area contributed by atoms with E-state index in [1.807, 2.05) is 6.20 Å². The zero-order valence-electron chi connectivity index (χ0n) is 12.4. The molecular weight excluding hydrogens is 290 g/mol. The van der Waals surface area contributed by atoms with Crippen LogP contribution < -0.4 is 5.32 Å². The van der Waals surface area contributed by atoms with Gasteiger partial charge in [0.1, 0.15) is 0 Å². The van der Waals surface area contributed by atoms with Crippen LogP contribution in [0.5, 0.6) is 0 Å². The Labute approximate surface area is 119 Å². The topological polar surface area (TPSA) is 29.9 Å². The van der Waals surface area contributed by atoms with Crippen LogP contribution in [0, 0.1) is 5.41 Å². The van der Waals surface area contributed by atoms with E-state index in [2.05, 4.69) is 72.6 Å². The van der Waals surface area contributed by atoms with E-state index >= 15 is 0 Å². The third kappa shape index (κ3) is 4.09. The van der Waals surface area contributed by atoms with E-state index in [-0.39, 0.29) is 0 Å². The highest BCUT2D eigenvalue weighted by molar-refractivity contribution is 9.10. The Morgan fingerprint density at radius 2 is 2.00 bits per heavy atom. The smallest absolute Gasteiger partial charge is 0.0698 e. The number of aromatic nitrogens is 2. The van der Waals surface area contributed by atoms with E-state index in [4.69, 9.17) is 0 Å². The van der Waals surface area contributed by atoms with Crippen molar-refractivity contribution in [2.75, 3.05) is 6.54 Å². The Balaban J connectivity index is 3.08. The summed E-state index contributed by atoms with van der Waals surface area (Å²) in [6.45, 7) is 14.3. The van der Waals surface area contributed by atoms with E-state index in [1.54, 1.807) is 0 Å². The van der Waals surface area contributed by atoms with Gasteiger partial charge in [0.15, 0.2) is 0 Å². The normalized spacial score (nSPS) is 14.2. The molecule has 18 heavy (non-hydrogen) atoms. The van der Waals surface area contributed by atoms with Gasteiger partial charge in [-0.3, -0.25) is 4.68 Å². The number of hydrogen-bond acceptors (Lipinski definition) is 2. The van der Waals surface area contributed by atoms with Crippen LogP contribution in [0.2, 0.25) is 0 Å². The lowest BCUT2D eigenvalue weighted by Crippen LogP contribution is -2.28. The van der Waals surface area contributed by atoms with Crippen molar-refractivity contribution in [2.24, 2.45) is 5.41 Å². The highest BCUT2D eigenvalue weighted by Crippen LogP contribution is 2.34. The van der Waals surface area contributed by atoms with Crippen molar-refractivity contribution in [3.05, 3.63) is 16.4 Å². The van der Waals surface area contributed by atoms with Gasteiger partial charge in [-0.2, -0.15) is 5.10 Å². The van der Waals surface area contributed by atoms with Crippen molar-refractivity contribution in [3.8, 4) is 0 Å². The second-order valence-electron chi connectivity index (χ2n) is 6.29. The monoisotopic (exact) mass is 315 g/mol. The molecule has 1 aromatic rings. The van der Waals surface area contributed by atoms with Crippen LogP contribution >= 0.6 is 15.9 Å². The van der Waals surface area contributed by atoms with Gasteiger partial charge in [-0.05, 0) is 48.2 Å². The first kappa shape index (κ1) is 15.7. The van der Waals surface area contributed by atoms with E-state index < -0.39 is 0 Å². The minimum Gasteiger partial charge on any atom is -0.309 e. The summed E-state index contributed by atoms with van der Waals surface area (Å²) in [7, 11) is 0. The molecule has 3 nitrogen and oxygen atoms in total. The molecule has 0 bridgehead atoms. The Bertz CT molecular complexity index is 377. The molecule has 0 saturated carbocycles. The maximum atomic E-state index is 4.48. The van der Waals surface area contributed by atoms with Crippen molar-refractivity contribution in [1.29, 1.82) is 0 Å². The number of halogens is 1. The van der Waals surface area contributed by atoms with Gasteiger partial charge in [0.05, 0.1) is 22.4 Å². The molecule has 0 aliphatic carbocycles. The van der Waals surface area contributed by atoms with Gasteiger partial charge in [-0.15, -0.1) is 0 Å². The van der Waals surface area contributed by atoms with Crippen LogP contribution in [-0.4, -0.2) is 16.3 Å². The van der Waals surface area contributed by atoms with Crippen molar-refractivity contribution in [3.63, 3.8) is 0 Å². The van der Waals surface area contributed by atoms with Gasteiger partial charge in [-0.25, -0.2) is 0 Å². The third-order valence-electron chi connectivity index (χ3n) is 2.87. The maximum Gasteiger partial charge on any atom is 0.0698 e. The van der Waals surface area contributed by atoms with Crippen LogP contribution in [0.15, 0.2) is 10.7 Å². The van der Waals surface area contributed by atoms with Crippen LogP contribution in [0.3, 0.4) is 0 Å². The second kappa shape index (κ2) is 6.20. The summed E-state index contributed by atoms with van der Waals surface area (Å²) in [6, 6.07) is 0.724. The van der Waals surface area contributed by atoms with Gasteiger partial charge >= 0.3 is 0 Å². The molecule has 104 valence electrons. The fraction of sp³-hybridized carbons (Fsp3) is 0.786. The molecular formula is C14H26BrN3. The van der Waals surface area contributed by atoms with E-state index in [1.165, 1.54) is 5.69 Å². The quantitative estimate of drug-likeness (QED) is 0.877. The first-order valence-electron chi connectivity index (χ1n) is 6.72. The molecule has 1 rings (SSSR count). The Morgan fingerprint density at radius 3 is 2.44 bits per heavy atom. The Kier molecular flexibility index (Phi) is 5.41. The molecule has 0 aliphatic rings. The van der Waals surface area contributed by atoms with Gasteiger partial charge < -0.3 is 5.32 Å².